The molecule has 0 saturated heterocycles. The maximum atomic E-state index is 12.3. The van der Waals surface area contributed by atoms with Crippen LogP contribution in [0.25, 0.3) is 0 Å². The minimum Gasteiger partial charge on any atom is -0.491 e. The van der Waals surface area contributed by atoms with Gasteiger partial charge in [-0.25, -0.2) is 0 Å². The highest BCUT2D eigenvalue weighted by Gasteiger charge is 2.12. The minimum absolute atomic E-state index is 0.0168. The Hall–Kier alpha value is -3.46. The van der Waals surface area contributed by atoms with E-state index in [4.69, 9.17) is 17.0 Å². The molecule has 0 aliphatic heterocycles. The van der Waals surface area contributed by atoms with Crippen LogP contribution in [0, 0.1) is 5.92 Å². The van der Waals surface area contributed by atoms with Gasteiger partial charge in [-0.15, -0.1) is 0 Å². The van der Waals surface area contributed by atoms with Gasteiger partial charge in [0.1, 0.15) is 5.75 Å². The summed E-state index contributed by atoms with van der Waals surface area (Å²) in [5.74, 6) is -0.574. The molecule has 8 nitrogen and oxygen atoms in total. The number of thiocarbonyl (C=S) groups is 1. The summed E-state index contributed by atoms with van der Waals surface area (Å²) < 4.78 is 5.57. The first-order valence-electron chi connectivity index (χ1n) is 9.75. The molecule has 3 amide bonds. The van der Waals surface area contributed by atoms with Gasteiger partial charge in [0, 0.05) is 22.7 Å². The van der Waals surface area contributed by atoms with Crippen LogP contribution in [0.4, 0.5) is 5.69 Å². The standard InChI is InChI=1S/C22H26N4O4S/c1-13(2)19(27)23-17-10-8-15(9-11-17)21(29)25-26-22(31)24-20(28)16-6-5-7-18(12-16)30-14(3)4/h5-14H,1-4H3,(H,23,27)(H,25,29)(H2,24,26,28,31). The molecule has 0 unspecified atom stereocenters. The molecular formula is C22H26N4O4S. The van der Waals surface area contributed by atoms with E-state index in [1.54, 1.807) is 62.4 Å². The molecule has 0 atom stereocenters. The second-order valence-corrected chi connectivity index (χ2v) is 7.69. The summed E-state index contributed by atoms with van der Waals surface area (Å²) in [6.07, 6.45) is -0.0168. The van der Waals surface area contributed by atoms with Gasteiger partial charge in [0.2, 0.25) is 5.91 Å². The fraction of sp³-hybridized carbons (Fsp3) is 0.273. The van der Waals surface area contributed by atoms with E-state index in [1.807, 2.05) is 13.8 Å². The van der Waals surface area contributed by atoms with Crippen LogP contribution < -0.4 is 26.2 Å². The predicted molar refractivity (Wildman–Crippen MR) is 123 cm³/mol. The molecule has 0 fully saturated rings. The summed E-state index contributed by atoms with van der Waals surface area (Å²) >= 11 is 5.06. The Balaban J connectivity index is 1.86. The fourth-order valence-electron chi connectivity index (χ4n) is 2.37. The molecule has 2 aromatic rings. The zero-order valence-corrected chi connectivity index (χ0v) is 18.6. The second-order valence-electron chi connectivity index (χ2n) is 7.28. The highest BCUT2D eigenvalue weighted by Crippen LogP contribution is 2.15. The summed E-state index contributed by atoms with van der Waals surface area (Å²) in [5.41, 5.74) is 6.21. The number of rotatable bonds is 6. The Labute approximate surface area is 186 Å². The monoisotopic (exact) mass is 442 g/mol. The first-order valence-corrected chi connectivity index (χ1v) is 10.2. The zero-order chi connectivity index (χ0) is 23.0. The Kier molecular flexibility index (Phi) is 8.51. The average molecular weight is 443 g/mol. The Bertz CT molecular complexity index is 958. The molecular weight excluding hydrogens is 416 g/mol. The fourth-order valence-corrected chi connectivity index (χ4v) is 2.51. The number of hydrogen-bond donors (Lipinski definition) is 4. The molecule has 9 heteroatoms. The minimum atomic E-state index is -0.453. The number of hydrogen-bond acceptors (Lipinski definition) is 5. The molecule has 2 aromatic carbocycles. The molecule has 31 heavy (non-hydrogen) atoms. The van der Waals surface area contributed by atoms with Gasteiger partial charge in [-0.1, -0.05) is 19.9 Å². The van der Waals surface area contributed by atoms with Crippen LogP contribution in [-0.4, -0.2) is 28.9 Å². The number of carbonyl (C=O) groups excluding carboxylic acids is 3. The van der Waals surface area contributed by atoms with Gasteiger partial charge in [0.15, 0.2) is 5.11 Å². The van der Waals surface area contributed by atoms with Gasteiger partial charge in [0.05, 0.1) is 6.10 Å². The molecule has 2 rings (SSSR count). The summed E-state index contributed by atoms with van der Waals surface area (Å²) in [5, 5.41) is 5.17. The number of carbonyl (C=O) groups is 3. The molecule has 0 aliphatic carbocycles. The largest absolute Gasteiger partial charge is 0.491 e. The van der Waals surface area contributed by atoms with E-state index < -0.39 is 11.8 Å². The number of nitrogens with one attached hydrogen (secondary N) is 4. The van der Waals surface area contributed by atoms with E-state index >= 15 is 0 Å². The summed E-state index contributed by atoms with van der Waals surface area (Å²) in [4.78, 5) is 36.3. The van der Waals surface area contributed by atoms with Gasteiger partial charge in [-0.05, 0) is 68.5 Å². The van der Waals surface area contributed by atoms with Crippen LogP contribution in [0.3, 0.4) is 0 Å². The second kappa shape index (κ2) is 11.1. The van der Waals surface area contributed by atoms with Crippen molar-refractivity contribution in [1.29, 1.82) is 0 Å². The van der Waals surface area contributed by atoms with Crippen molar-refractivity contribution in [3.05, 3.63) is 59.7 Å². The van der Waals surface area contributed by atoms with Crippen LogP contribution in [0.5, 0.6) is 5.75 Å². The number of amides is 3. The molecule has 0 radical (unpaired) electrons. The summed E-state index contributed by atoms with van der Waals surface area (Å²) in [6.45, 7) is 7.37. The third kappa shape index (κ3) is 7.71. The molecule has 0 spiro atoms. The lowest BCUT2D eigenvalue weighted by atomic mass is 10.1. The van der Waals surface area contributed by atoms with Crippen molar-refractivity contribution in [2.24, 2.45) is 5.92 Å². The van der Waals surface area contributed by atoms with E-state index in [1.165, 1.54) is 0 Å². The van der Waals surface area contributed by atoms with Gasteiger partial charge >= 0.3 is 0 Å². The first-order chi connectivity index (χ1) is 14.7. The van der Waals surface area contributed by atoms with Crippen molar-refractivity contribution in [3.8, 4) is 5.75 Å². The molecule has 0 bridgehead atoms. The zero-order valence-electron chi connectivity index (χ0n) is 17.8. The smallest absolute Gasteiger partial charge is 0.269 e. The molecule has 164 valence electrons. The highest BCUT2D eigenvalue weighted by molar-refractivity contribution is 7.80. The highest BCUT2D eigenvalue weighted by atomic mass is 32.1. The van der Waals surface area contributed by atoms with E-state index in [2.05, 4.69) is 21.5 Å². The third-order valence-corrected chi connectivity index (χ3v) is 4.13. The topological polar surface area (TPSA) is 109 Å². The third-order valence-electron chi connectivity index (χ3n) is 3.92. The number of hydrazine groups is 1. The van der Waals surface area contributed by atoms with E-state index in [0.29, 0.717) is 22.6 Å². The molecule has 0 heterocycles. The lowest BCUT2D eigenvalue weighted by Crippen LogP contribution is -2.48. The summed E-state index contributed by atoms with van der Waals surface area (Å²) in [6, 6.07) is 13.1. The van der Waals surface area contributed by atoms with Crippen LogP contribution in [0.15, 0.2) is 48.5 Å². The molecule has 4 N–H and O–H groups in total. The number of ether oxygens (including phenoxy) is 1. The molecule has 0 aliphatic rings. The first kappa shape index (κ1) is 23.8. The van der Waals surface area contributed by atoms with Crippen molar-refractivity contribution in [2.45, 2.75) is 33.8 Å². The van der Waals surface area contributed by atoms with Gasteiger partial charge in [0.25, 0.3) is 11.8 Å². The van der Waals surface area contributed by atoms with Crippen LogP contribution in [-0.2, 0) is 4.79 Å². The Morgan fingerprint density at radius 1 is 0.871 bits per heavy atom. The van der Waals surface area contributed by atoms with Crippen molar-refractivity contribution in [1.82, 2.24) is 16.2 Å². The Morgan fingerprint density at radius 2 is 1.55 bits per heavy atom. The molecule has 0 aromatic heterocycles. The predicted octanol–water partition coefficient (Wildman–Crippen LogP) is 3.02. The Morgan fingerprint density at radius 3 is 2.16 bits per heavy atom. The van der Waals surface area contributed by atoms with Crippen molar-refractivity contribution < 1.29 is 19.1 Å². The van der Waals surface area contributed by atoms with Crippen LogP contribution in [0.2, 0.25) is 0 Å². The van der Waals surface area contributed by atoms with Crippen molar-refractivity contribution >= 4 is 40.7 Å². The van der Waals surface area contributed by atoms with Crippen molar-refractivity contribution in [2.75, 3.05) is 5.32 Å². The molecule has 0 saturated carbocycles. The normalized spacial score (nSPS) is 10.4. The quantitative estimate of drug-likeness (QED) is 0.405. The summed E-state index contributed by atoms with van der Waals surface area (Å²) in [7, 11) is 0. The van der Waals surface area contributed by atoms with E-state index in [-0.39, 0.29) is 23.0 Å². The van der Waals surface area contributed by atoms with Crippen molar-refractivity contribution in [3.63, 3.8) is 0 Å². The average Bonchev–Trinajstić information content (AvgIpc) is 2.72. The van der Waals surface area contributed by atoms with Gasteiger partial charge < -0.3 is 10.1 Å². The number of benzene rings is 2. The lowest BCUT2D eigenvalue weighted by Gasteiger charge is -2.13. The van der Waals surface area contributed by atoms with Crippen LogP contribution in [0.1, 0.15) is 48.4 Å². The van der Waals surface area contributed by atoms with E-state index in [0.717, 1.165) is 0 Å². The van der Waals surface area contributed by atoms with E-state index in [9.17, 15) is 14.4 Å². The SMILES string of the molecule is CC(C)Oc1cccc(C(=O)NC(=S)NNC(=O)c2ccc(NC(=O)C(C)C)cc2)c1. The van der Waals surface area contributed by atoms with Crippen LogP contribution >= 0.6 is 12.2 Å². The lowest BCUT2D eigenvalue weighted by molar-refractivity contribution is -0.118. The number of anilines is 1. The maximum absolute atomic E-state index is 12.3. The van der Waals surface area contributed by atoms with Gasteiger partial charge in [-0.2, -0.15) is 0 Å². The van der Waals surface area contributed by atoms with Gasteiger partial charge in [-0.3, -0.25) is 30.6 Å². The maximum Gasteiger partial charge on any atom is 0.269 e.